The molecule has 0 amide bonds. The lowest BCUT2D eigenvalue weighted by molar-refractivity contribution is 0.622. The van der Waals surface area contributed by atoms with Crippen LogP contribution in [0.3, 0.4) is 0 Å². The lowest BCUT2D eigenvalue weighted by Gasteiger charge is -2.19. The molecule has 0 saturated carbocycles. The molecule has 2 nitrogen and oxygen atoms in total. The van der Waals surface area contributed by atoms with Gasteiger partial charge < -0.3 is 0 Å². The number of fused-ring (bicyclic) bond motifs is 1. The van der Waals surface area contributed by atoms with Crippen molar-refractivity contribution in [3.8, 4) is 11.3 Å². The molecule has 4 rings (SSSR count). The van der Waals surface area contributed by atoms with E-state index in [0.29, 0.717) is 5.39 Å². The van der Waals surface area contributed by atoms with E-state index >= 15 is 0 Å². The highest BCUT2D eigenvalue weighted by molar-refractivity contribution is 5.96. The fraction of sp³-hybridized carbons (Fsp3) is 0.143. The van der Waals surface area contributed by atoms with E-state index in [0.717, 1.165) is 28.0 Å². The second-order valence-corrected chi connectivity index (χ2v) is 6.28. The number of rotatable bonds is 2. The molecular weight excluding hydrogens is 299 g/mol. The highest BCUT2D eigenvalue weighted by atomic mass is 19.1. The van der Waals surface area contributed by atoms with Crippen LogP contribution in [0, 0.1) is 5.82 Å². The molecule has 1 atom stereocenters. The van der Waals surface area contributed by atoms with E-state index in [4.69, 9.17) is 4.98 Å². The lowest BCUT2D eigenvalue weighted by Crippen LogP contribution is -2.16. The summed E-state index contributed by atoms with van der Waals surface area (Å²) in [6.45, 7) is 4.04. The van der Waals surface area contributed by atoms with Crippen molar-refractivity contribution in [3.63, 3.8) is 0 Å². The van der Waals surface area contributed by atoms with Crippen LogP contribution >= 0.6 is 0 Å². The number of aliphatic imine (C=N–C) groups is 1. The summed E-state index contributed by atoms with van der Waals surface area (Å²) in [4.78, 5) is 9.52. The summed E-state index contributed by atoms with van der Waals surface area (Å²) in [7, 11) is 0. The zero-order valence-corrected chi connectivity index (χ0v) is 13.6. The number of benzene rings is 2. The minimum atomic E-state index is -0.435. The van der Waals surface area contributed by atoms with Gasteiger partial charge in [-0.25, -0.2) is 9.37 Å². The van der Waals surface area contributed by atoms with Gasteiger partial charge in [-0.15, -0.1) is 0 Å². The fourth-order valence-corrected chi connectivity index (χ4v) is 3.22. The summed E-state index contributed by atoms with van der Waals surface area (Å²) in [6.07, 6.45) is 4.08. The molecule has 1 unspecified atom stereocenters. The van der Waals surface area contributed by atoms with Crippen LogP contribution in [0.1, 0.15) is 19.5 Å². The third-order valence-corrected chi connectivity index (χ3v) is 4.47. The number of hydrogen-bond acceptors (Lipinski definition) is 2. The summed E-state index contributed by atoms with van der Waals surface area (Å²) in [6, 6.07) is 16.7. The van der Waals surface area contributed by atoms with Crippen LogP contribution in [0.25, 0.3) is 22.0 Å². The summed E-state index contributed by atoms with van der Waals surface area (Å²) in [5.74, 6) is -0.212. The second-order valence-electron chi connectivity index (χ2n) is 6.28. The van der Waals surface area contributed by atoms with Crippen molar-refractivity contribution >= 4 is 16.5 Å². The number of aromatic nitrogens is 1. The van der Waals surface area contributed by atoms with Crippen molar-refractivity contribution in [2.24, 2.45) is 4.99 Å². The van der Waals surface area contributed by atoms with Gasteiger partial charge in [-0.3, -0.25) is 4.99 Å². The van der Waals surface area contributed by atoms with E-state index in [9.17, 15) is 4.39 Å². The van der Waals surface area contributed by atoms with Crippen LogP contribution in [-0.2, 0) is 5.54 Å². The van der Waals surface area contributed by atoms with Crippen LogP contribution in [0.2, 0.25) is 0 Å². The molecular formula is C21H17FN2. The van der Waals surface area contributed by atoms with E-state index < -0.39 is 5.54 Å². The van der Waals surface area contributed by atoms with Crippen molar-refractivity contribution < 1.29 is 4.39 Å². The molecule has 0 bridgehead atoms. The Hall–Kier alpha value is -2.81. The SMILES string of the molecule is CC1=NC(C)(c2cccc(-c3ccc(F)c4ccccc34)n2)C=C1. The second kappa shape index (κ2) is 5.38. The van der Waals surface area contributed by atoms with Gasteiger partial charge in [0.15, 0.2) is 0 Å². The minimum Gasteiger partial charge on any atom is -0.273 e. The third-order valence-electron chi connectivity index (χ3n) is 4.47. The molecule has 2 heterocycles. The molecule has 0 aliphatic carbocycles. The molecule has 2 aromatic carbocycles. The molecule has 1 aliphatic rings. The molecule has 1 aromatic heterocycles. The number of allylic oxidation sites excluding steroid dienone is 1. The molecule has 0 fully saturated rings. The van der Waals surface area contributed by atoms with Crippen molar-refractivity contribution in [2.75, 3.05) is 0 Å². The first-order chi connectivity index (χ1) is 11.6. The highest BCUT2D eigenvalue weighted by Gasteiger charge is 2.27. The van der Waals surface area contributed by atoms with E-state index in [1.54, 1.807) is 12.1 Å². The molecule has 0 N–H and O–H groups in total. The summed E-state index contributed by atoms with van der Waals surface area (Å²) in [5.41, 5.74) is 3.22. The standard InChI is InChI=1S/C21H17FN2/c1-14-12-13-21(2,24-14)20-9-5-8-19(23-20)17-10-11-18(22)16-7-4-3-6-15(16)17/h3-13H,1-2H3. The third kappa shape index (κ3) is 2.33. The molecule has 3 aromatic rings. The Labute approximate surface area is 140 Å². The van der Waals surface area contributed by atoms with Gasteiger partial charge in [0.25, 0.3) is 0 Å². The maximum Gasteiger partial charge on any atom is 0.131 e. The number of hydrogen-bond donors (Lipinski definition) is 0. The Morgan fingerprint density at radius 1 is 0.917 bits per heavy atom. The first kappa shape index (κ1) is 14.8. The molecule has 24 heavy (non-hydrogen) atoms. The highest BCUT2D eigenvalue weighted by Crippen LogP contribution is 2.33. The van der Waals surface area contributed by atoms with E-state index in [2.05, 4.69) is 18.0 Å². The zero-order chi connectivity index (χ0) is 16.7. The molecule has 3 heteroatoms. The summed E-state index contributed by atoms with van der Waals surface area (Å²) in [5, 5.41) is 1.48. The average Bonchev–Trinajstić information content (AvgIpc) is 2.96. The first-order valence-corrected chi connectivity index (χ1v) is 7.98. The van der Waals surface area contributed by atoms with Gasteiger partial charge in [0.05, 0.1) is 11.4 Å². The predicted molar refractivity (Wildman–Crippen MR) is 96.7 cm³/mol. The molecule has 0 spiro atoms. The predicted octanol–water partition coefficient (Wildman–Crippen LogP) is 5.29. The van der Waals surface area contributed by atoms with Gasteiger partial charge >= 0.3 is 0 Å². The van der Waals surface area contributed by atoms with Crippen molar-refractivity contribution in [3.05, 3.63) is 78.3 Å². The van der Waals surface area contributed by atoms with E-state index in [1.165, 1.54) is 6.07 Å². The maximum atomic E-state index is 14.1. The lowest BCUT2D eigenvalue weighted by atomic mass is 9.97. The largest absolute Gasteiger partial charge is 0.273 e. The van der Waals surface area contributed by atoms with Gasteiger partial charge in [0, 0.05) is 16.7 Å². The van der Waals surface area contributed by atoms with Crippen molar-refractivity contribution in [2.45, 2.75) is 19.4 Å². The number of halogens is 1. The van der Waals surface area contributed by atoms with Gasteiger partial charge in [0.1, 0.15) is 11.4 Å². The quantitative estimate of drug-likeness (QED) is 0.631. The summed E-state index contributed by atoms with van der Waals surface area (Å²) >= 11 is 0. The fourth-order valence-electron chi connectivity index (χ4n) is 3.22. The van der Waals surface area contributed by atoms with Crippen LogP contribution in [-0.4, -0.2) is 10.7 Å². The van der Waals surface area contributed by atoms with Crippen LogP contribution in [0.5, 0.6) is 0 Å². The normalized spacial score (nSPS) is 19.7. The van der Waals surface area contributed by atoms with Crippen LogP contribution in [0.4, 0.5) is 4.39 Å². The van der Waals surface area contributed by atoms with E-state index in [1.807, 2.05) is 49.4 Å². The van der Waals surface area contributed by atoms with Crippen LogP contribution in [0.15, 0.2) is 71.7 Å². The average molecular weight is 316 g/mol. The Balaban J connectivity index is 1.89. The topological polar surface area (TPSA) is 25.2 Å². The van der Waals surface area contributed by atoms with Crippen molar-refractivity contribution in [1.82, 2.24) is 4.98 Å². The molecule has 118 valence electrons. The maximum absolute atomic E-state index is 14.1. The van der Waals surface area contributed by atoms with Gasteiger partial charge in [-0.05, 0) is 55.7 Å². The Morgan fingerprint density at radius 2 is 1.71 bits per heavy atom. The zero-order valence-electron chi connectivity index (χ0n) is 13.6. The minimum absolute atomic E-state index is 0.212. The Bertz CT molecular complexity index is 1000. The van der Waals surface area contributed by atoms with E-state index in [-0.39, 0.29) is 5.82 Å². The van der Waals surface area contributed by atoms with Gasteiger partial charge in [0.2, 0.25) is 0 Å². The molecule has 1 aliphatic heterocycles. The summed E-state index contributed by atoms with van der Waals surface area (Å²) < 4.78 is 14.1. The number of pyridine rings is 1. The smallest absolute Gasteiger partial charge is 0.131 e. The monoisotopic (exact) mass is 316 g/mol. The van der Waals surface area contributed by atoms with Crippen LogP contribution < -0.4 is 0 Å². The molecule has 0 saturated heterocycles. The molecule has 0 radical (unpaired) electrons. The Morgan fingerprint density at radius 3 is 2.46 bits per heavy atom. The van der Waals surface area contributed by atoms with Gasteiger partial charge in [-0.1, -0.05) is 30.3 Å². The number of nitrogens with zero attached hydrogens (tertiary/aromatic N) is 2. The Kier molecular flexibility index (Phi) is 3.31. The first-order valence-electron chi connectivity index (χ1n) is 7.98. The van der Waals surface area contributed by atoms with Crippen molar-refractivity contribution in [1.29, 1.82) is 0 Å². The van der Waals surface area contributed by atoms with Gasteiger partial charge in [-0.2, -0.15) is 0 Å².